The lowest BCUT2D eigenvalue weighted by Gasteiger charge is -2.18. The number of halogens is 1. The van der Waals surface area contributed by atoms with Gasteiger partial charge in [-0.25, -0.2) is 4.79 Å². The zero-order valence-corrected chi connectivity index (χ0v) is 14.1. The van der Waals surface area contributed by atoms with Gasteiger partial charge in [-0.2, -0.15) is 0 Å². The van der Waals surface area contributed by atoms with Crippen molar-refractivity contribution in [2.24, 2.45) is 0 Å². The Morgan fingerprint density at radius 2 is 1.67 bits per heavy atom. The van der Waals surface area contributed by atoms with E-state index in [2.05, 4.69) is 15.9 Å². The van der Waals surface area contributed by atoms with Gasteiger partial charge in [0, 0.05) is 10.0 Å². The first-order valence-electron chi connectivity index (χ1n) is 7.35. The highest BCUT2D eigenvalue weighted by Gasteiger charge is 2.19. The van der Waals surface area contributed by atoms with Gasteiger partial charge in [-0.1, -0.05) is 15.9 Å². The lowest BCUT2D eigenvalue weighted by molar-refractivity contribution is 0.0470. The van der Waals surface area contributed by atoms with E-state index in [0.717, 1.165) is 10.0 Å². The highest BCUT2D eigenvalue weighted by Crippen LogP contribution is 2.37. The second-order valence-electron chi connectivity index (χ2n) is 5.23. The van der Waals surface area contributed by atoms with E-state index in [0.29, 0.717) is 41.8 Å². The molecule has 0 fully saturated rings. The van der Waals surface area contributed by atoms with E-state index in [1.165, 1.54) is 0 Å². The molecule has 0 N–H and O–H groups in total. The predicted molar refractivity (Wildman–Crippen MR) is 86.8 cm³/mol. The number of hydrogen-bond donors (Lipinski definition) is 0. The van der Waals surface area contributed by atoms with E-state index < -0.39 is 5.97 Å². The summed E-state index contributed by atoms with van der Waals surface area (Å²) in [7, 11) is 0. The van der Waals surface area contributed by atoms with Crippen LogP contribution in [0.2, 0.25) is 0 Å². The third-order valence-corrected chi connectivity index (χ3v) is 4.42. The molecular formula is C17H13BrO6. The highest BCUT2D eigenvalue weighted by molar-refractivity contribution is 9.10. The van der Waals surface area contributed by atoms with Crippen molar-refractivity contribution in [3.8, 4) is 23.0 Å². The van der Waals surface area contributed by atoms with Gasteiger partial charge in [-0.3, -0.25) is 0 Å². The van der Waals surface area contributed by atoms with Gasteiger partial charge in [0.25, 0.3) is 0 Å². The highest BCUT2D eigenvalue weighted by atomic mass is 79.9. The summed E-state index contributed by atoms with van der Waals surface area (Å²) >= 11 is 3.44. The van der Waals surface area contributed by atoms with Crippen LogP contribution in [-0.4, -0.2) is 26.0 Å². The van der Waals surface area contributed by atoms with Crippen LogP contribution < -0.4 is 18.9 Å². The Morgan fingerprint density at radius 1 is 0.958 bits per heavy atom. The molecule has 4 rings (SSSR count). The van der Waals surface area contributed by atoms with Crippen molar-refractivity contribution in [3.05, 3.63) is 45.9 Å². The van der Waals surface area contributed by atoms with E-state index in [9.17, 15) is 4.79 Å². The molecule has 0 saturated carbocycles. The van der Waals surface area contributed by atoms with E-state index in [1.807, 2.05) is 0 Å². The summed E-state index contributed by atoms with van der Waals surface area (Å²) in [5.74, 6) is 2.07. The van der Waals surface area contributed by atoms with Crippen LogP contribution in [0.4, 0.5) is 0 Å². The Balaban J connectivity index is 1.47. The van der Waals surface area contributed by atoms with Crippen molar-refractivity contribution in [2.45, 2.75) is 6.61 Å². The van der Waals surface area contributed by atoms with Crippen LogP contribution >= 0.6 is 15.9 Å². The molecule has 0 spiro atoms. The predicted octanol–water partition coefficient (Wildman–Crippen LogP) is 3.31. The van der Waals surface area contributed by atoms with Gasteiger partial charge >= 0.3 is 5.97 Å². The fraction of sp³-hybridized carbons (Fsp3) is 0.235. The maximum Gasteiger partial charge on any atom is 0.338 e. The molecule has 124 valence electrons. The van der Waals surface area contributed by atoms with Crippen LogP contribution in [0.3, 0.4) is 0 Å². The molecular weight excluding hydrogens is 380 g/mol. The van der Waals surface area contributed by atoms with Crippen LogP contribution in [0.5, 0.6) is 23.0 Å². The third kappa shape index (κ3) is 2.87. The maximum absolute atomic E-state index is 12.3. The zero-order valence-electron chi connectivity index (χ0n) is 12.5. The molecule has 6 nitrogen and oxygen atoms in total. The summed E-state index contributed by atoms with van der Waals surface area (Å²) in [6.07, 6.45) is 0. The van der Waals surface area contributed by atoms with Crippen LogP contribution in [0.15, 0.2) is 34.8 Å². The van der Waals surface area contributed by atoms with Gasteiger partial charge in [0.15, 0.2) is 23.0 Å². The second-order valence-corrected chi connectivity index (χ2v) is 6.09. The normalized spacial score (nSPS) is 14.4. The van der Waals surface area contributed by atoms with Crippen molar-refractivity contribution >= 4 is 21.9 Å². The van der Waals surface area contributed by atoms with Crippen LogP contribution in [0, 0.1) is 0 Å². The molecule has 2 aliphatic heterocycles. The molecule has 0 amide bonds. The first kappa shape index (κ1) is 15.1. The minimum absolute atomic E-state index is 0.116. The van der Waals surface area contributed by atoms with E-state index in [4.69, 9.17) is 23.7 Å². The summed E-state index contributed by atoms with van der Waals surface area (Å²) < 4.78 is 27.7. The number of esters is 1. The van der Waals surface area contributed by atoms with Gasteiger partial charge in [0.05, 0.1) is 5.56 Å². The molecule has 0 atom stereocenters. The number of carbonyl (C=O) groups is 1. The van der Waals surface area contributed by atoms with Crippen LogP contribution in [0.1, 0.15) is 15.9 Å². The molecule has 2 heterocycles. The number of fused-ring (bicyclic) bond motifs is 2. The molecule has 0 aromatic heterocycles. The van der Waals surface area contributed by atoms with Gasteiger partial charge in [0.2, 0.25) is 6.79 Å². The first-order chi connectivity index (χ1) is 11.7. The summed E-state index contributed by atoms with van der Waals surface area (Å²) in [4.78, 5) is 12.3. The fourth-order valence-electron chi connectivity index (χ4n) is 2.47. The topological polar surface area (TPSA) is 63.2 Å². The zero-order chi connectivity index (χ0) is 16.5. The minimum Gasteiger partial charge on any atom is -0.486 e. The molecule has 7 heteroatoms. The molecule has 2 aromatic rings. The summed E-state index contributed by atoms with van der Waals surface area (Å²) in [5, 5.41) is 0. The number of benzene rings is 2. The van der Waals surface area contributed by atoms with Crippen molar-refractivity contribution < 1.29 is 28.5 Å². The molecule has 0 radical (unpaired) electrons. The smallest absolute Gasteiger partial charge is 0.338 e. The first-order valence-corrected chi connectivity index (χ1v) is 8.15. The number of carbonyl (C=O) groups excluding carboxylic acids is 1. The van der Waals surface area contributed by atoms with E-state index >= 15 is 0 Å². The van der Waals surface area contributed by atoms with E-state index in [1.54, 1.807) is 30.3 Å². The van der Waals surface area contributed by atoms with Gasteiger partial charge < -0.3 is 23.7 Å². The maximum atomic E-state index is 12.3. The Kier molecular flexibility index (Phi) is 3.93. The third-order valence-electron chi connectivity index (χ3n) is 3.68. The second kappa shape index (κ2) is 6.24. The van der Waals surface area contributed by atoms with Crippen LogP contribution in [-0.2, 0) is 11.3 Å². The standard InChI is InChI=1S/C17H13BrO6/c18-12-7-16-15(23-9-24-16)6-11(12)8-22-17(19)10-1-2-13-14(5-10)21-4-3-20-13/h1-2,5-7H,3-4,8-9H2. The Labute approximate surface area is 146 Å². The fourth-order valence-corrected chi connectivity index (χ4v) is 2.90. The monoisotopic (exact) mass is 392 g/mol. The van der Waals surface area contributed by atoms with Crippen molar-refractivity contribution in [3.63, 3.8) is 0 Å². The lowest BCUT2D eigenvalue weighted by Crippen LogP contribution is -2.16. The molecule has 0 unspecified atom stereocenters. The summed E-state index contributed by atoms with van der Waals surface area (Å²) in [5.41, 5.74) is 1.21. The Bertz CT molecular complexity index is 804. The molecule has 0 aliphatic carbocycles. The van der Waals surface area contributed by atoms with Crippen molar-refractivity contribution in [1.29, 1.82) is 0 Å². The van der Waals surface area contributed by atoms with E-state index in [-0.39, 0.29) is 13.4 Å². The average Bonchev–Trinajstić information content (AvgIpc) is 3.06. The molecule has 0 bridgehead atoms. The lowest BCUT2D eigenvalue weighted by atomic mass is 10.2. The molecule has 2 aromatic carbocycles. The van der Waals surface area contributed by atoms with Gasteiger partial charge in [-0.15, -0.1) is 0 Å². The van der Waals surface area contributed by atoms with Crippen LogP contribution in [0.25, 0.3) is 0 Å². The number of rotatable bonds is 3. The van der Waals surface area contributed by atoms with Gasteiger partial charge in [-0.05, 0) is 30.3 Å². The number of hydrogen-bond acceptors (Lipinski definition) is 6. The van der Waals surface area contributed by atoms with Gasteiger partial charge in [0.1, 0.15) is 19.8 Å². The summed E-state index contributed by atoms with van der Waals surface area (Å²) in [6, 6.07) is 8.59. The average molecular weight is 393 g/mol. The van der Waals surface area contributed by atoms with Crippen molar-refractivity contribution in [1.82, 2.24) is 0 Å². The minimum atomic E-state index is -0.434. The quantitative estimate of drug-likeness (QED) is 0.746. The number of ether oxygens (including phenoxy) is 5. The SMILES string of the molecule is O=C(OCc1cc2c(cc1Br)OCO2)c1ccc2c(c1)OCCO2. The Morgan fingerprint density at radius 3 is 2.50 bits per heavy atom. The van der Waals surface area contributed by atoms with Crippen molar-refractivity contribution in [2.75, 3.05) is 20.0 Å². The molecule has 2 aliphatic rings. The molecule has 0 saturated heterocycles. The molecule has 24 heavy (non-hydrogen) atoms. The largest absolute Gasteiger partial charge is 0.486 e. The summed E-state index contributed by atoms with van der Waals surface area (Å²) in [6.45, 7) is 1.29. The Hall–Kier alpha value is -2.41.